The Hall–Kier alpha value is -3.13. The van der Waals surface area contributed by atoms with Gasteiger partial charge in [-0.25, -0.2) is 9.37 Å². The fourth-order valence-electron chi connectivity index (χ4n) is 5.39. The van der Waals surface area contributed by atoms with Crippen molar-refractivity contribution in [2.24, 2.45) is 0 Å². The zero-order valence-electron chi connectivity index (χ0n) is 28.4. The van der Waals surface area contributed by atoms with Crippen LogP contribution in [0.2, 0.25) is 10.0 Å². The molecule has 0 aliphatic heterocycles. The van der Waals surface area contributed by atoms with Crippen LogP contribution in [0, 0.1) is 12.7 Å². The molecule has 9 nitrogen and oxygen atoms in total. The monoisotopic (exact) mass is 751 g/mol. The number of aromatic nitrogens is 2. The minimum Gasteiger partial charge on any atom is -0.495 e. The second-order valence-corrected chi connectivity index (χ2v) is 16.4. The number of nitrogens with zero attached hydrogens (tertiary/aromatic N) is 3. The molecule has 0 fully saturated rings. The molecule has 14 heteroatoms. The summed E-state index contributed by atoms with van der Waals surface area (Å²) in [4.78, 5) is 17.6. The van der Waals surface area contributed by atoms with E-state index >= 15 is 4.39 Å². The Morgan fingerprint density at radius 2 is 1.78 bits per heavy atom. The Morgan fingerprint density at radius 3 is 2.41 bits per heavy atom. The predicted octanol–water partition coefficient (Wildman–Crippen LogP) is 7.34. The highest BCUT2D eigenvalue weighted by molar-refractivity contribution is 7.98. The molecule has 0 radical (unpaired) electrons. The van der Waals surface area contributed by atoms with Gasteiger partial charge in [-0.2, -0.15) is 8.42 Å². The van der Waals surface area contributed by atoms with Crippen LogP contribution in [0.25, 0.3) is 5.69 Å². The van der Waals surface area contributed by atoms with Gasteiger partial charge in [0, 0.05) is 39.4 Å². The van der Waals surface area contributed by atoms with Gasteiger partial charge in [0.15, 0.2) is 5.16 Å². The number of nitrogens with one attached hydrogen (secondary N) is 1. The molecule has 1 heterocycles. The Balaban J connectivity index is 1.52. The number of rotatable bonds is 15. The Bertz CT molecular complexity index is 1890. The van der Waals surface area contributed by atoms with E-state index in [1.165, 1.54) is 23.9 Å². The zero-order valence-corrected chi connectivity index (χ0v) is 31.5. The van der Waals surface area contributed by atoms with Crippen molar-refractivity contribution in [3.05, 3.63) is 105 Å². The molecule has 4 rings (SSSR count). The van der Waals surface area contributed by atoms with E-state index in [0.29, 0.717) is 33.5 Å². The first kappa shape index (κ1) is 38.7. The number of carbonyl (C=O) groups is 1. The first-order chi connectivity index (χ1) is 22.9. The number of halogens is 3. The van der Waals surface area contributed by atoms with Crippen molar-refractivity contribution < 1.29 is 31.4 Å². The van der Waals surface area contributed by atoms with E-state index in [1.54, 1.807) is 7.11 Å². The van der Waals surface area contributed by atoms with Gasteiger partial charge >= 0.3 is 0 Å². The maximum atomic E-state index is 15.5. The molecule has 49 heavy (non-hydrogen) atoms. The molecular weight excluding hydrogens is 710 g/mol. The average Bonchev–Trinajstić information content (AvgIpc) is 3.45. The van der Waals surface area contributed by atoms with Crippen molar-refractivity contribution in [3.63, 3.8) is 0 Å². The molecule has 0 unspecified atom stereocenters. The molecule has 4 aromatic rings. The van der Waals surface area contributed by atoms with Gasteiger partial charge in [0.2, 0.25) is 0 Å². The van der Waals surface area contributed by atoms with Crippen LogP contribution in [0.3, 0.4) is 0 Å². The fraction of sp³-hybridized carbons (Fsp3) is 0.371. The number of benzene rings is 3. The number of thioether (sulfide) groups is 1. The van der Waals surface area contributed by atoms with Gasteiger partial charge in [0.05, 0.1) is 63.5 Å². The summed E-state index contributed by atoms with van der Waals surface area (Å²) in [6.07, 6.45) is 2.10. The summed E-state index contributed by atoms with van der Waals surface area (Å²) in [6.45, 7) is 7.47. The standard InChI is InChI=1S/C35H41Cl2FN4O5S2/c1-23-8-11-26(12-9-23)41-32(35(2,3)25-10-13-28(36)31(20-25)47-6)21-40-34(41)48-22-27-29(37)18-24(19-30(27)38)33(43)39-14-16-42(4,5)15-7-17-49(44,45)46/h8-13,18-21H,7,14-17,22H2,1-6H3,(H-,39,43,44,45,46)/p+1. The molecule has 0 spiro atoms. The highest BCUT2D eigenvalue weighted by atomic mass is 35.5. The summed E-state index contributed by atoms with van der Waals surface area (Å²) >= 11 is 14.2. The van der Waals surface area contributed by atoms with Crippen LogP contribution in [0.15, 0.2) is 66.0 Å². The number of hydrogen-bond donors (Lipinski definition) is 2. The first-order valence-electron chi connectivity index (χ1n) is 15.6. The van der Waals surface area contributed by atoms with Crippen LogP contribution in [0.4, 0.5) is 4.39 Å². The van der Waals surface area contributed by atoms with Gasteiger partial charge in [0.25, 0.3) is 16.0 Å². The van der Waals surface area contributed by atoms with Crippen LogP contribution in [0.5, 0.6) is 5.75 Å². The van der Waals surface area contributed by atoms with E-state index in [0.717, 1.165) is 22.5 Å². The van der Waals surface area contributed by atoms with E-state index in [2.05, 4.69) is 23.7 Å². The summed E-state index contributed by atoms with van der Waals surface area (Å²) in [5.41, 5.74) is 3.70. The first-order valence-corrected chi connectivity index (χ1v) is 18.9. The molecule has 0 aliphatic carbocycles. The Labute approximate surface area is 302 Å². The molecule has 2 N–H and O–H groups in total. The third kappa shape index (κ3) is 9.99. The Kier molecular flexibility index (Phi) is 12.5. The second-order valence-electron chi connectivity index (χ2n) is 13.1. The number of quaternary nitrogens is 1. The molecule has 3 aromatic carbocycles. The normalized spacial score (nSPS) is 12.3. The maximum absolute atomic E-state index is 15.5. The van der Waals surface area contributed by atoms with Crippen molar-refractivity contribution in [3.8, 4) is 11.4 Å². The summed E-state index contributed by atoms with van der Waals surface area (Å²) in [6, 6.07) is 16.4. The van der Waals surface area contributed by atoms with Crippen molar-refractivity contribution in [2.75, 3.05) is 46.6 Å². The molecule has 1 aromatic heterocycles. The fourth-order valence-corrected chi connectivity index (χ4v) is 7.46. The second kappa shape index (κ2) is 15.8. The van der Waals surface area contributed by atoms with Gasteiger partial charge in [-0.15, -0.1) is 0 Å². The predicted molar refractivity (Wildman–Crippen MR) is 195 cm³/mol. The number of likely N-dealkylation sites (N-methyl/N-ethyl adjacent to an activating group) is 1. The highest BCUT2D eigenvalue weighted by Crippen LogP contribution is 2.39. The number of methoxy groups -OCH3 is 1. The van der Waals surface area contributed by atoms with Gasteiger partial charge in [0.1, 0.15) is 11.6 Å². The minimum absolute atomic E-state index is 0.0940. The number of hydrogen-bond acceptors (Lipinski definition) is 6. The summed E-state index contributed by atoms with van der Waals surface area (Å²) in [7, 11) is 1.34. The van der Waals surface area contributed by atoms with Crippen molar-refractivity contribution in [1.29, 1.82) is 0 Å². The smallest absolute Gasteiger partial charge is 0.265 e. The van der Waals surface area contributed by atoms with E-state index in [9.17, 15) is 13.2 Å². The van der Waals surface area contributed by atoms with Gasteiger partial charge in [-0.3, -0.25) is 13.9 Å². The molecule has 0 atom stereocenters. The van der Waals surface area contributed by atoms with Crippen molar-refractivity contribution in [1.82, 2.24) is 14.9 Å². The number of ether oxygens (including phenoxy) is 1. The van der Waals surface area contributed by atoms with E-state index < -0.39 is 27.3 Å². The highest BCUT2D eigenvalue weighted by Gasteiger charge is 2.30. The lowest BCUT2D eigenvalue weighted by molar-refractivity contribution is -0.889. The quantitative estimate of drug-likeness (QED) is 0.0744. The molecule has 1 amide bonds. The van der Waals surface area contributed by atoms with Crippen LogP contribution in [-0.4, -0.2) is 79.5 Å². The van der Waals surface area contributed by atoms with E-state index in [1.807, 2.05) is 69.7 Å². The largest absolute Gasteiger partial charge is 0.495 e. The van der Waals surface area contributed by atoms with Crippen LogP contribution in [-0.2, 0) is 21.3 Å². The maximum Gasteiger partial charge on any atom is 0.265 e. The zero-order chi connectivity index (χ0) is 36.1. The number of carbonyl (C=O) groups excluding carboxylic acids is 1. The van der Waals surface area contributed by atoms with E-state index in [-0.39, 0.29) is 40.6 Å². The van der Waals surface area contributed by atoms with Gasteiger partial charge in [-0.05, 0) is 48.9 Å². The number of aryl methyl sites for hydroxylation is 1. The van der Waals surface area contributed by atoms with Gasteiger partial charge < -0.3 is 14.5 Å². The molecule has 0 aliphatic rings. The molecule has 264 valence electrons. The lowest BCUT2D eigenvalue weighted by atomic mass is 9.81. The lowest BCUT2D eigenvalue weighted by Crippen LogP contribution is -2.46. The number of amides is 1. The molecular formula is C35H42Cl2FN4O5S2+. The summed E-state index contributed by atoms with van der Waals surface area (Å²) in [5.74, 6) is -0.663. The number of imidazole rings is 1. The minimum atomic E-state index is -4.03. The summed E-state index contributed by atoms with van der Waals surface area (Å²) < 4.78 is 54.4. The summed E-state index contributed by atoms with van der Waals surface area (Å²) in [5, 5.41) is 4.07. The van der Waals surface area contributed by atoms with Crippen LogP contribution in [0.1, 0.15) is 53.0 Å². The molecule has 0 saturated carbocycles. The van der Waals surface area contributed by atoms with Crippen molar-refractivity contribution in [2.45, 2.75) is 43.5 Å². The topological polar surface area (TPSA) is 111 Å². The third-order valence-corrected chi connectivity index (χ3v) is 10.9. The SMILES string of the molecule is COc1cc(C(C)(C)c2cnc(SCc3c(F)cc(C(=O)NCC[N+](C)(C)CCCS(=O)(=O)O)cc3Cl)n2-c2ccc(C)cc2)ccc1Cl. The van der Waals surface area contributed by atoms with Gasteiger partial charge in [-0.1, -0.05) is 72.6 Å². The van der Waals surface area contributed by atoms with Crippen molar-refractivity contribution >= 4 is 51.0 Å². The Morgan fingerprint density at radius 1 is 1.08 bits per heavy atom. The van der Waals surface area contributed by atoms with Crippen LogP contribution >= 0.6 is 35.0 Å². The van der Waals surface area contributed by atoms with E-state index in [4.69, 9.17) is 37.5 Å². The molecule has 0 bridgehead atoms. The lowest BCUT2D eigenvalue weighted by Gasteiger charge is -2.29. The average molecular weight is 753 g/mol. The molecule has 0 saturated heterocycles. The third-order valence-electron chi connectivity index (χ3n) is 8.45. The van der Waals surface area contributed by atoms with Crippen LogP contribution < -0.4 is 10.1 Å².